The predicted octanol–water partition coefficient (Wildman–Crippen LogP) is -0.780. The molecule has 1 aliphatic heterocycles. The normalized spacial score (nSPS) is 22.4. The Hall–Kier alpha value is -1.35. The summed E-state index contributed by atoms with van der Waals surface area (Å²) in [5.74, 6) is -1.39. The summed E-state index contributed by atoms with van der Waals surface area (Å²) in [6.07, 6.45) is -0.203. The minimum atomic E-state index is -3.87. The van der Waals surface area contributed by atoms with Gasteiger partial charge in [0.1, 0.15) is 0 Å². The van der Waals surface area contributed by atoms with Crippen molar-refractivity contribution in [2.24, 2.45) is 0 Å². The van der Waals surface area contributed by atoms with Crippen LogP contribution in [0.4, 0.5) is 4.79 Å². The Morgan fingerprint density at radius 1 is 1.50 bits per heavy atom. The van der Waals surface area contributed by atoms with E-state index in [2.05, 4.69) is 10.1 Å². The van der Waals surface area contributed by atoms with E-state index in [-0.39, 0.29) is 19.1 Å². The molecule has 0 aromatic rings. The third-order valence-corrected chi connectivity index (χ3v) is 4.96. The maximum Gasteiger partial charge on any atom is 0.407 e. The molecule has 1 amide bonds. The Labute approximate surface area is 105 Å². The molecule has 0 bridgehead atoms. The van der Waals surface area contributed by atoms with Gasteiger partial charge < -0.3 is 15.2 Å². The molecule has 8 nitrogen and oxygen atoms in total. The monoisotopic (exact) mass is 280 g/mol. The summed E-state index contributed by atoms with van der Waals surface area (Å²) in [5, 5.41) is 9.72. The first kappa shape index (κ1) is 14.7. The molecule has 0 aliphatic carbocycles. The molecular formula is C9H16N2O6S. The molecule has 1 aliphatic rings. The highest BCUT2D eigenvalue weighted by Gasteiger charge is 2.38. The van der Waals surface area contributed by atoms with Crippen LogP contribution in [0, 0.1) is 0 Å². The molecule has 0 saturated carbocycles. The number of alkyl carbamates (subject to hydrolysis) is 1. The number of hydrogen-bond donors (Lipinski definition) is 2. The van der Waals surface area contributed by atoms with Crippen molar-refractivity contribution >= 4 is 22.1 Å². The molecular weight excluding hydrogens is 264 g/mol. The molecule has 0 aromatic carbocycles. The van der Waals surface area contributed by atoms with Crippen LogP contribution in [0.25, 0.3) is 0 Å². The fourth-order valence-electron chi connectivity index (χ4n) is 1.65. The van der Waals surface area contributed by atoms with Crippen molar-refractivity contribution < 1.29 is 27.9 Å². The number of nitrogens with zero attached hydrogens (tertiary/aromatic N) is 1. The van der Waals surface area contributed by atoms with Crippen LogP contribution in [-0.4, -0.2) is 61.4 Å². The summed E-state index contributed by atoms with van der Waals surface area (Å²) in [6.45, 7) is 1.38. The number of nitrogens with one attached hydrogen (secondary N) is 1. The lowest BCUT2D eigenvalue weighted by molar-refractivity contribution is -0.136. The number of carbonyl (C=O) groups is 2. The predicted molar refractivity (Wildman–Crippen MR) is 61.5 cm³/mol. The lowest BCUT2D eigenvalue weighted by Gasteiger charge is -2.19. The van der Waals surface area contributed by atoms with Crippen LogP contribution >= 0.6 is 0 Å². The number of hydrogen-bond acceptors (Lipinski definition) is 5. The molecule has 18 heavy (non-hydrogen) atoms. The van der Waals surface area contributed by atoms with Crippen molar-refractivity contribution in [3.63, 3.8) is 0 Å². The molecule has 1 fully saturated rings. The number of methoxy groups -OCH3 is 1. The minimum Gasteiger partial charge on any atom is -0.480 e. The summed E-state index contributed by atoms with van der Waals surface area (Å²) in [5.41, 5.74) is 0. The number of sulfonamides is 1. The van der Waals surface area contributed by atoms with Gasteiger partial charge in [-0.05, 0) is 13.3 Å². The average Bonchev–Trinajstić information content (AvgIpc) is 2.76. The van der Waals surface area contributed by atoms with E-state index in [1.807, 2.05) is 0 Å². The van der Waals surface area contributed by atoms with E-state index in [0.717, 1.165) is 11.2 Å². The standard InChI is InChI=1S/C9H16N2O6S/c1-6(8(12)13)18(15,16)11-4-3-7(5-11)10-9(14)17-2/h6-7H,3-5H2,1-2H3,(H,10,14)(H,12,13). The summed E-state index contributed by atoms with van der Waals surface area (Å²) in [6, 6.07) is -0.354. The van der Waals surface area contributed by atoms with E-state index in [4.69, 9.17) is 5.11 Å². The summed E-state index contributed by atoms with van der Waals surface area (Å²) in [7, 11) is -2.66. The smallest absolute Gasteiger partial charge is 0.407 e. The Morgan fingerprint density at radius 2 is 2.11 bits per heavy atom. The second kappa shape index (κ2) is 5.53. The molecule has 1 heterocycles. The average molecular weight is 280 g/mol. The Balaban J connectivity index is 2.66. The van der Waals surface area contributed by atoms with Crippen molar-refractivity contribution in [1.82, 2.24) is 9.62 Å². The number of carboxylic acids is 1. The van der Waals surface area contributed by atoms with E-state index in [9.17, 15) is 18.0 Å². The first-order valence-electron chi connectivity index (χ1n) is 5.35. The molecule has 0 radical (unpaired) electrons. The topological polar surface area (TPSA) is 113 Å². The summed E-state index contributed by atoms with van der Waals surface area (Å²) >= 11 is 0. The van der Waals surface area contributed by atoms with Gasteiger partial charge in [-0.15, -0.1) is 0 Å². The number of carbonyl (C=O) groups excluding carboxylic acids is 1. The van der Waals surface area contributed by atoms with Gasteiger partial charge in [-0.25, -0.2) is 13.2 Å². The van der Waals surface area contributed by atoms with Gasteiger partial charge in [-0.2, -0.15) is 4.31 Å². The fourth-order valence-corrected chi connectivity index (χ4v) is 3.10. The molecule has 9 heteroatoms. The van der Waals surface area contributed by atoms with Gasteiger partial charge in [0.2, 0.25) is 10.0 Å². The SMILES string of the molecule is COC(=O)NC1CCN(S(=O)(=O)C(C)C(=O)O)C1. The minimum absolute atomic E-state index is 0.0645. The quantitative estimate of drug-likeness (QED) is 0.698. The van der Waals surface area contributed by atoms with Crippen LogP contribution in [0.15, 0.2) is 0 Å². The largest absolute Gasteiger partial charge is 0.480 e. The van der Waals surface area contributed by atoms with Gasteiger partial charge in [0.05, 0.1) is 7.11 Å². The maximum absolute atomic E-state index is 11.9. The lowest BCUT2D eigenvalue weighted by atomic mass is 10.3. The molecule has 0 aromatic heterocycles. The molecule has 1 saturated heterocycles. The van der Waals surface area contributed by atoms with E-state index >= 15 is 0 Å². The highest BCUT2D eigenvalue weighted by molar-refractivity contribution is 7.90. The van der Waals surface area contributed by atoms with Crippen LogP contribution in [0.1, 0.15) is 13.3 Å². The number of carboxylic acid groups (broad SMARTS) is 1. The first-order chi connectivity index (χ1) is 8.28. The van der Waals surface area contributed by atoms with Crippen molar-refractivity contribution in [3.8, 4) is 0 Å². The Bertz CT molecular complexity index is 434. The van der Waals surface area contributed by atoms with Gasteiger partial charge in [-0.3, -0.25) is 4.79 Å². The van der Waals surface area contributed by atoms with E-state index < -0.39 is 27.3 Å². The van der Waals surface area contributed by atoms with E-state index in [1.54, 1.807) is 0 Å². The number of ether oxygens (including phenoxy) is 1. The highest BCUT2D eigenvalue weighted by atomic mass is 32.2. The van der Waals surface area contributed by atoms with Crippen LogP contribution < -0.4 is 5.32 Å². The van der Waals surface area contributed by atoms with Gasteiger partial charge in [0.15, 0.2) is 5.25 Å². The zero-order valence-electron chi connectivity index (χ0n) is 10.1. The summed E-state index contributed by atoms with van der Waals surface area (Å²) < 4.78 is 29.2. The summed E-state index contributed by atoms with van der Waals surface area (Å²) in [4.78, 5) is 21.7. The molecule has 104 valence electrons. The Kier molecular flexibility index (Phi) is 4.52. The van der Waals surface area contributed by atoms with Gasteiger partial charge in [0.25, 0.3) is 0 Å². The van der Waals surface area contributed by atoms with Crippen LogP contribution in [0.5, 0.6) is 0 Å². The molecule has 2 N–H and O–H groups in total. The zero-order chi connectivity index (χ0) is 13.9. The van der Waals surface area contributed by atoms with Gasteiger partial charge in [0, 0.05) is 19.1 Å². The van der Waals surface area contributed by atoms with Crippen molar-refractivity contribution in [1.29, 1.82) is 0 Å². The third kappa shape index (κ3) is 3.10. The molecule has 2 atom stereocenters. The lowest BCUT2D eigenvalue weighted by Crippen LogP contribution is -2.42. The fraction of sp³-hybridized carbons (Fsp3) is 0.778. The third-order valence-electron chi connectivity index (χ3n) is 2.81. The van der Waals surface area contributed by atoms with Crippen LogP contribution in [0.3, 0.4) is 0 Å². The second-order valence-electron chi connectivity index (χ2n) is 4.00. The van der Waals surface area contributed by atoms with Crippen LogP contribution in [0.2, 0.25) is 0 Å². The number of aliphatic carboxylic acids is 1. The first-order valence-corrected chi connectivity index (χ1v) is 6.85. The number of amides is 1. The molecule has 0 spiro atoms. The number of rotatable bonds is 4. The zero-order valence-corrected chi connectivity index (χ0v) is 10.9. The molecule has 2 unspecified atom stereocenters. The second-order valence-corrected chi connectivity index (χ2v) is 6.26. The van der Waals surface area contributed by atoms with E-state index in [0.29, 0.717) is 6.42 Å². The highest BCUT2D eigenvalue weighted by Crippen LogP contribution is 2.17. The maximum atomic E-state index is 11.9. The van der Waals surface area contributed by atoms with Crippen molar-refractivity contribution in [2.75, 3.05) is 20.2 Å². The Morgan fingerprint density at radius 3 is 2.61 bits per heavy atom. The van der Waals surface area contributed by atoms with Crippen LogP contribution in [-0.2, 0) is 19.6 Å². The van der Waals surface area contributed by atoms with Gasteiger partial charge >= 0.3 is 12.1 Å². The van der Waals surface area contributed by atoms with Gasteiger partial charge in [-0.1, -0.05) is 0 Å². The molecule has 1 rings (SSSR count). The van der Waals surface area contributed by atoms with Crippen molar-refractivity contribution in [2.45, 2.75) is 24.6 Å². The van der Waals surface area contributed by atoms with E-state index in [1.165, 1.54) is 7.11 Å². The van der Waals surface area contributed by atoms with Crippen molar-refractivity contribution in [3.05, 3.63) is 0 Å².